The first-order valence-corrected chi connectivity index (χ1v) is 9.24. The molecule has 0 unspecified atom stereocenters. The van der Waals surface area contributed by atoms with Crippen molar-refractivity contribution < 1.29 is 24.2 Å². The van der Waals surface area contributed by atoms with E-state index >= 15 is 0 Å². The molecule has 0 spiro atoms. The van der Waals surface area contributed by atoms with Gasteiger partial charge in [-0.1, -0.05) is 24.3 Å². The number of ether oxygens (including phenoxy) is 1. The van der Waals surface area contributed by atoms with Crippen LogP contribution in [0.2, 0.25) is 0 Å². The van der Waals surface area contributed by atoms with Crippen molar-refractivity contribution >= 4 is 5.91 Å². The first-order chi connectivity index (χ1) is 13.2. The minimum absolute atomic E-state index is 0.232. The van der Waals surface area contributed by atoms with Crippen LogP contribution < -0.4 is 5.32 Å². The second-order valence-electron chi connectivity index (χ2n) is 7.05. The fourth-order valence-corrected chi connectivity index (χ4v) is 4.06. The van der Waals surface area contributed by atoms with E-state index in [1.807, 2.05) is 12.1 Å². The molecule has 7 heteroatoms. The number of rotatable bonds is 5. The molecule has 2 aliphatic rings. The summed E-state index contributed by atoms with van der Waals surface area (Å²) in [6.45, 7) is 1.48. The van der Waals surface area contributed by atoms with Crippen LogP contribution in [-0.2, 0) is 17.7 Å². The van der Waals surface area contributed by atoms with Crippen molar-refractivity contribution in [1.82, 2.24) is 10.2 Å². The molecule has 3 N–H and O–H groups in total. The lowest BCUT2D eigenvalue weighted by Crippen LogP contribution is -2.52. The molecule has 4 atom stereocenters. The molecule has 1 amide bonds. The summed E-state index contributed by atoms with van der Waals surface area (Å²) >= 11 is 0. The van der Waals surface area contributed by atoms with Crippen molar-refractivity contribution in [2.45, 2.75) is 37.3 Å². The van der Waals surface area contributed by atoms with Gasteiger partial charge < -0.3 is 24.7 Å². The molecule has 1 aromatic carbocycles. The monoisotopic (exact) mass is 372 g/mol. The van der Waals surface area contributed by atoms with Crippen LogP contribution in [0.1, 0.15) is 21.7 Å². The van der Waals surface area contributed by atoms with Crippen LogP contribution in [0.5, 0.6) is 0 Å². The van der Waals surface area contributed by atoms with E-state index < -0.39 is 18.3 Å². The summed E-state index contributed by atoms with van der Waals surface area (Å²) in [5.41, 5.74) is 2.56. The van der Waals surface area contributed by atoms with Crippen molar-refractivity contribution in [3.8, 4) is 0 Å². The molecule has 1 aromatic heterocycles. The maximum absolute atomic E-state index is 12.2. The van der Waals surface area contributed by atoms with E-state index in [2.05, 4.69) is 22.3 Å². The largest absolute Gasteiger partial charge is 0.459 e. The van der Waals surface area contributed by atoms with Crippen molar-refractivity contribution in [3.05, 3.63) is 59.5 Å². The first-order valence-electron chi connectivity index (χ1n) is 9.24. The molecule has 2 aliphatic heterocycles. The minimum atomic E-state index is -0.814. The average Bonchev–Trinajstić information content (AvgIpc) is 3.34. The Labute approximate surface area is 157 Å². The van der Waals surface area contributed by atoms with Gasteiger partial charge in [-0.05, 0) is 29.7 Å². The second kappa shape index (κ2) is 7.82. The Balaban J connectivity index is 1.47. The molecule has 0 bridgehead atoms. The average molecular weight is 372 g/mol. The molecule has 0 aliphatic carbocycles. The molecule has 1 fully saturated rings. The second-order valence-corrected chi connectivity index (χ2v) is 7.05. The Kier molecular flexibility index (Phi) is 5.27. The molecule has 4 rings (SSSR count). The molecule has 2 aromatic rings. The van der Waals surface area contributed by atoms with E-state index in [0.29, 0.717) is 6.54 Å². The van der Waals surface area contributed by atoms with E-state index in [1.54, 1.807) is 12.1 Å². The molecule has 0 radical (unpaired) electrons. The van der Waals surface area contributed by atoms with Crippen LogP contribution in [0, 0.1) is 0 Å². The Hall–Kier alpha value is -2.19. The lowest BCUT2D eigenvalue weighted by atomic mass is 9.95. The van der Waals surface area contributed by atoms with E-state index in [0.717, 1.165) is 13.0 Å². The SMILES string of the molecule is O=C(NC[C@H]1O[C@@H](CO)[C@@H](O)[C@H]1N1CCc2ccccc2C1)c1ccco1. The number of aliphatic hydroxyl groups excluding tert-OH is 2. The van der Waals surface area contributed by atoms with Crippen LogP contribution in [0.15, 0.2) is 47.1 Å². The van der Waals surface area contributed by atoms with E-state index in [4.69, 9.17) is 9.15 Å². The van der Waals surface area contributed by atoms with Gasteiger partial charge in [-0.3, -0.25) is 9.69 Å². The van der Waals surface area contributed by atoms with Crippen molar-refractivity contribution in [1.29, 1.82) is 0 Å². The van der Waals surface area contributed by atoms with Gasteiger partial charge >= 0.3 is 0 Å². The fraction of sp³-hybridized carbons (Fsp3) is 0.450. The quantitative estimate of drug-likeness (QED) is 0.710. The maximum atomic E-state index is 12.2. The number of nitrogens with one attached hydrogen (secondary N) is 1. The number of furan rings is 1. The first kappa shape index (κ1) is 18.2. The Morgan fingerprint density at radius 3 is 2.74 bits per heavy atom. The molecule has 7 nitrogen and oxygen atoms in total. The summed E-state index contributed by atoms with van der Waals surface area (Å²) in [7, 11) is 0. The normalized spacial score (nSPS) is 28.1. The number of fused-ring (bicyclic) bond motifs is 1. The molecule has 144 valence electrons. The highest BCUT2D eigenvalue weighted by atomic mass is 16.5. The summed E-state index contributed by atoms with van der Waals surface area (Å²) < 4.78 is 11.0. The smallest absolute Gasteiger partial charge is 0.287 e. The molecular weight excluding hydrogens is 348 g/mol. The summed E-state index contributed by atoms with van der Waals surface area (Å²) in [4.78, 5) is 14.3. The summed E-state index contributed by atoms with van der Waals surface area (Å²) in [5, 5.41) is 23.1. The zero-order valence-electron chi connectivity index (χ0n) is 15.0. The Morgan fingerprint density at radius 2 is 2.00 bits per heavy atom. The summed E-state index contributed by atoms with van der Waals surface area (Å²) in [5.74, 6) is -0.0935. The van der Waals surface area contributed by atoms with Gasteiger partial charge in [0.25, 0.3) is 5.91 Å². The Bertz CT molecular complexity index is 778. The Morgan fingerprint density at radius 1 is 1.19 bits per heavy atom. The third-order valence-electron chi connectivity index (χ3n) is 5.43. The summed E-state index contributed by atoms with van der Waals surface area (Å²) in [6, 6.07) is 11.2. The highest BCUT2D eigenvalue weighted by Crippen LogP contribution is 2.30. The van der Waals surface area contributed by atoms with Crippen LogP contribution in [0.25, 0.3) is 0 Å². The molecule has 1 saturated heterocycles. The zero-order valence-corrected chi connectivity index (χ0v) is 15.0. The highest BCUT2D eigenvalue weighted by molar-refractivity contribution is 5.91. The van der Waals surface area contributed by atoms with Crippen LogP contribution in [-0.4, -0.2) is 65.1 Å². The third-order valence-corrected chi connectivity index (χ3v) is 5.43. The highest BCUT2D eigenvalue weighted by Gasteiger charge is 2.46. The standard InChI is InChI=1S/C20H24N2O5/c23-12-17-19(24)18(22-8-7-13-4-1-2-5-14(13)11-22)16(27-17)10-21-20(25)15-6-3-9-26-15/h1-6,9,16-19,23-24H,7-8,10-12H2,(H,21,25)/t16-,17+,18+,19-/m1/s1. The van der Waals surface area contributed by atoms with Gasteiger partial charge in [0, 0.05) is 19.6 Å². The van der Waals surface area contributed by atoms with Crippen LogP contribution >= 0.6 is 0 Å². The van der Waals surface area contributed by atoms with Gasteiger partial charge in [0.15, 0.2) is 5.76 Å². The fourth-order valence-electron chi connectivity index (χ4n) is 4.06. The maximum Gasteiger partial charge on any atom is 0.287 e. The number of hydrogen-bond donors (Lipinski definition) is 3. The minimum Gasteiger partial charge on any atom is -0.459 e. The topological polar surface area (TPSA) is 95.2 Å². The van der Waals surface area contributed by atoms with Crippen LogP contribution in [0.4, 0.5) is 0 Å². The van der Waals surface area contributed by atoms with Crippen molar-refractivity contribution in [3.63, 3.8) is 0 Å². The van der Waals surface area contributed by atoms with E-state index in [9.17, 15) is 15.0 Å². The number of hydrogen-bond acceptors (Lipinski definition) is 6. The molecule has 3 heterocycles. The molecular formula is C20H24N2O5. The molecule has 27 heavy (non-hydrogen) atoms. The van der Waals surface area contributed by atoms with Crippen molar-refractivity contribution in [2.24, 2.45) is 0 Å². The van der Waals surface area contributed by atoms with Crippen molar-refractivity contribution in [2.75, 3.05) is 19.7 Å². The molecule has 0 saturated carbocycles. The van der Waals surface area contributed by atoms with Gasteiger partial charge in [0.1, 0.15) is 12.2 Å². The number of benzene rings is 1. The van der Waals surface area contributed by atoms with Gasteiger partial charge in [-0.25, -0.2) is 0 Å². The predicted molar refractivity (Wildman–Crippen MR) is 97.1 cm³/mol. The summed E-state index contributed by atoms with van der Waals surface area (Å²) in [6.07, 6.45) is 0.458. The lowest BCUT2D eigenvalue weighted by Gasteiger charge is -2.37. The number of carbonyl (C=O) groups excluding carboxylic acids is 1. The van der Waals surface area contributed by atoms with Crippen LogP contribution in [0.3, 0.4) is 0 Å². The van der Waals surface area contributed by atoms with E-state index in [1.165, 1.54) is 17.4 Å². The van der Waals surface area contributed by atoms with Gasteiger partial charge in [-0.2, -0.15) is 0 Å². The van der Waals surface area contributed by atoms with Gasteiger partial charge in [0.05, 0.1) is 25.0 Å². The third kappa shape index (κ3) is 3.64. The number of nitrogens with zero attached hydrogens (tertiary/aromatic N) is 1. The van der Waals surface area contributed by atoms with E-state index in [-0.39, 0.29) is 30.9 Å². The number of carbonyl (C=O) groups is 1. The zero-order chi connectivity index (χ0) is 18.8. The lowest BCUT2D eigenvalue weighted by molar-refractivity contribution is -0.0209. The number of amides is 1. The van der Waals surface area contributed by atoms with Gasteiger partial charge in [-0.15, -0.1) is 0 Å². The van der Waals surface area contributed by atoms with Gasteiger partial charge in [0.2, 0.25) is 0 Å². The number of aliphatic hydroxyl groups is 2. The predicted octanol–water partition coefficient (Wildman–Crippen LogP) is 0.557.